The van der Waals surface area contributed by atoms with E-state index in [1.807, 2.05) is 0 Å². The predicted octanol–water partition coefficient (Wildman–Crippen LogP) is 0.838. The lowest BCUT2D eigenvalue weighted by Gasteiger charge is -2.31. The van der Waals surface area contributed by atoms with Gasteiger partial charge in [0.1, 0.15) is 5.56 Å². The molecule has 1 aromatic rings. The first-order valence-corrected chi connectivity index (χ1v) is 5.90. The van der Waals surface area contributed by atoms with Gasteiger partial charge in [0.05, 0.1) is 23.7 Å². The number of aliphatic hydroxyl groups is 2. The van der Waals surface area contributed by atoms with E-state index in [1.54, 1.807) is 6.92 Å². The standard InChI is InChI=1S/C12H16N2O6/c1-2-12(6-15,7-16)13-8-3-4-10(14(19)20)9(5-8)11(17)18/h3-5,13,15-16H,2,6-7H2,1H3,(H,17,18). The van der Waals surface area contributed by atoms with Crippen molar-refractivity contribution in [3.8, 4) is 0 Å². The van der Waals surface area contributed by atoms with Crippen LogP contribution in [0.5, 0.6) is 0 Å². The fourth-order valence-electron chi connectivity index (χ4n) is 1.69. The van der Waals surface area contributed by atoms with Gasteiger partial charge in [0.2, 0.25) is 0 Å². The highest BCUT2D eigenvalue weighted by molar-refractivity contribution is 5.93. The van der Waals surface area contributed by atoms with Crippen molar-refractivity contribution in [1.29, 1.82) is 0 Å². The summed E-state index contributed by atoms with van der Waals surface area (Å²) in [4.78, 5) is 21.0. The molecule has 0 saturated heterocycles. The largest absolute Gasteiger partial charge is 0.477 e. The van der Waals surface area contributed by atoms with E-state index >= 15 is 0 Å². The zero-order chi connectivity index (χ0) is 15.3. The Balaban J connectivity index is 3.19. The fourth-order valence-corrected chi connectivity index (χ4v) is 1.69. The third kappa shape index (κ3) is 3.22. The second kappa shape index (κ2) is 6.31. The Hall–Kier alpha value is -2.19. The molecular formula is C12H16N2O6. The van der Waals surface area contributed by atoms with E-state index in [9.17, 15) is 25.1 Å². The minimum Gasteiger partial charge on any atom is -0.477 e. The first kappa shape index (κ1) is 15.9. The molecule has 4 N–H and O–H groups in total. The van der Waals surface area contributed by atoms with Crippen LogP contribution in [0.1, 0.15) is 23.7 Å². The summed E-state index contributed by atoms with van der Waals surface area (Å²) in [6.45, 7) is 1.02. The van der Waals surface area contributed by atoms with Crippen LogP contribution in [-0.2, 0) is 0 Å². The molecule has 0 radical (unpaired) electrons. The number of hydrogen-bond acceptors (Lipinski definition) is 6. The Kier molecular flexibility index (Phi) is 5.00. The van der Waals surface area contributed by atoms with E-state index in [0.717, 1.165) is 12.1 Å². The van der Waals surface area contributed by atoms with E-state index in [0.29, 0.717) is 6.42 Å². The third-order valence-electron chi connectivity index (χ3n) is 3.12. The number of carboxylic acid groups (broad SMARTS) is 1. The summed E-state index contributed by atoms with van der Waals surface area (Å²) in [7, 11) is 0. The predicted molar refractivity (Wildman–Crippen MR) is 70.9 cm³/mol. The third-order valence-corrected chi connectivity index (χ3v) is 3.12. The number of rotatable bonds is 7. The van der Waals surface area contributed by atoms with E-state index in [-0.39, 0.29) is 18.9 Å². The van der Waals surface area contributed by atoms with Gasteiger partial charge in [-0.1, -0.05) is 6.92 Å². The molecule has 20 heavy (non-hydrogen) atoms. The lowest BCUT2D eigenvalue weighted by molar-refractivity contribution is -0.385. The normalized spacial score (nSPS) is 11.2. The van der Waals surface area contributed by atoms with Gasteiger partial charge in [-0.25, -0.2) is 4.79 Å². The number of nitro benzene ring substituents is 1. The average molecular weight is 284 g/mol. The van der Waals surface area contributed by atoms with Gasteiger partial charge >= 0.3 is 5.97 Å². The quantitative estimate of drug-likeness (QED) is 0.430. The molecule has 1 rings (SSSR count). The minimum absolute atomic E-state index is 0.276. The molecule has 1 aromatic carbocycles. The molecule has 0 fully saturated rings. The van der Waals surface area contributed by atoms with Crippen molar-refractivity contribution in [2.75, 3.05) is 18.5 Å². The molecule has 0 aromatic heterocycles. The van der Waals surface area contributed by atoms with Gasteiger partial charge in [0, 0.05) is 11.8 Å². The second-order valence-electron chi connectivity index (χ2n) is 4.37. The number of carbonyl (C=O) groups is 1. The highest BCUT2D eigenvalue weighted by Crippen LogP contribution is 2.25. The van der Waals surface area contributed by atoms with E-state index in [1.165, 1.54) is 6.07 Å². The van der Waals surface area contributed by atoms with Gasteiger partial charge in [0.15, 0.2) is 0 Å². The Bertz CT molecular complexity index is 504. The van der Waals surface area contributed by atoms with E-state index in [4.69, 9.17) is 5.11 Å². The molecule has 110 valence electrons. The van der Waals surface area contributed by atoms with Crippen LogP contribution in [0.25, 0.3) is 0 Å². The number of aromatic carboxylic acids is 1. The molecule has 0 aliphatic heterocycles. The van der Waals surface area contributed by atoms with Gasteiger partial charge in [-0.3, -0.25) is 10.1 Å². The number of carboxylic acids is 1. The summed E-state index contributed by atoms with van der Waals surface area (Å²) in [6, 6.07) is 3.51. The number of benzene rings is 1. The van der Waals surface area contributed by atoms with Crippen LogP contribution in [0.4, 0.5) is 11.4 Å². The van der Waals surface area contributed by atoms with Crippen LogP contribution in [0, 0.1) is 10.1 Å². The molecule has 0 aliphatic carbocycles. The van der Waals surface area contributed by atoms with Crippen molar-refractivity contribution in [2.45, 2.75) is 18.9 Å². The number of aliphatic hydroxyl groups excluding tert-OH is 2. The van der Waals surface area contributed by atoms with Crippen molar-refractivity contribution in [3.05, 3.63) is 33.9 Å². The Morgan fingerprint density at radius 3 is 2.40 bits per heavy atom. The van der Waals surface area contributed by atoms with Crippen LogP contribution < -0.4 is 5.32 Å². The topological polar surface area (TPSA) is 133 Å². The number of nitrogens with one attached hydrogen (secondary N) is 1. The van der Waals surface area contributed by atoms with Crippen LogP contribution in [0.15, 0.2) is 18.2 Å². The fraction of sp³-hybridized carbons (Fsp3) is 0.417. The Morgan fingerprint density at radius 2 is 2.00 bits per heavy atom. The van der Waals surface area contributed by atoms with Gasteiger partial charge in [-0.15, -0.1) is 0 Å². The number of nitro groups is 1. The maximum Gasteiger partial charge on any atom is 0.342 e. The molecule has 0 heterocycles. The van der Waals surface area contributed by atoms with Crippen molar-refractivity contribution in [2.24, 2.45) is 0 Å². The molecule has 0 bridgehead atoms. The summed E-state index contributed by atoms with van der Waals surface area (Å²) in [6.07, 6.45) is 0.388. The Morgan fingerprint density at radius 1 is 1.40 bits per heavy atom. The summed E-state index contributed by atoms with van der Waals surface area (Å²) in [5.41, 5.74) is -1.71. The van der Waals surface area contributed by atoms with Crippen molar-refractivity contribution >= 4 is 17.3 Å². The maximum atomic E-state index is 11.0. The van der Waals surface area contributed by atoms with E-state index < -0.39 is 27.7 Å². The lowest BCUT2D eigenvalue weighted by Crippen LogP contribution is -2.45. The molecule has 0 atom stereocenters. The number of hydrogen-bond donors (Lipinski definition) is 4. The SMILES string of the molecule is CCC(CO)(CO)Nc1ccc([N+](=O)[O-])c(C(=O)O)c1. The molecule has 0 saturated carbocycles. The highest BCUT2D eigenvalue weighted by Gasteiger charge is 2.27. The van der Waals surface area contributed by atoms with Crippen LogP contribution in [0.2, 0.25) is 0 Å². The van der Waals surface area contributed by atoms with Gasteiger partial charge in [-0.2, -0.15) is 0 Å². The summed E-state index contributed by atoms with van der Waals surface area (Å²) >= 11 is 0. The Labute approximate surface area is 114 Å². The molecular weight excluding hydrogens is 268 g/mol. The molecule has 0 amide bonds. The molecule has 8 nitrogen and oxygen atoms in total. The lowest BCUT2D eigenvalue weighted by atomic mass is 9.97. The monoisotopic (exact) mass is 284 g/mol. The molecule has 0 aliphatic rings. The number of nitrogens with zero attached hydrogens (tertiary/aromatic N) is 1. The summed E-state index contributed by atoms with van der Waals surface area (Å²) in [5.74, 6) is -1.42. The molecule has 0 spiro atoms. The van der Waals surface area contributed by atoms with E-state index in [2.05, 4.69) is 5.32 Å². The van der Waals surface area contributed by atoms with Crippen LogP contribution >= 0.6 is 0 Å². The smallest absolute Gasteiger partial charge is 0.342 e. The number of anilines is 1. The molecule has 8 heteroatoms. The van der Waals surface area contributed by atoms with Crippen LogP contribution in [-0.4, -0.2) is 45.0 Å². The highest BCUT2D eigenvalue weighted by atomic mass is 16.6. The van der Waals surface area contributed by atoms with Gasteiger partial charge in [-0.05, 0) is 18.6 Å². The van der Waals surface area contributed by atoms with Gasteiger partial charge < -0.3 is 20.6 Å². The van der Waals surface area contributed by atoms with Gasteiger partial charge in [0.25, 0.3) is 5.69 Å². The zero-order valence-corrected chi connectivity index (χ0v) is 10.9. The van der Waals surface area contributed by atoms with Crippen molar-refractivity contribution in [1.82, 2.24) is 0 Å². The maximum absolute atomic E-state index is 11.0. The van der Waals surface area contributed by atoms with Crippen molar-refractivity contribution in [3.63, 3.8) is 0 Å². The minimum atomic E-state index is -1.42. The van der Waals surface area contributed by atoms with Crippen LogP contribution in [0.3, 0.4) is 0 Å². The first-order chi connectivity index (χ1) is 9.39. The first-order valence-electron chi connectivity index (χ1n) is 5.90. The van der Waals surface area contributed by atoms with Crippen molar-refractivity contribution < 1.29 is 25.0 Å². The summed E-state index contributed by atoms with van der Waals surface area (Å²) in [5, 5.41) is 41.2. The zero-order valence-electron chi connectivity index (χ0n) is 10.9. The molecule has 0 unspecified atom stereocenters. The average Bonchev–Trinajstić information content (AvgIpc) is 2.44. The second-order valence-corrected chi connectivity index (χ2v) is 4.37. The summed E-state index contributed by atoms with van der Waals surface area (Å²) < 4.78 is 0.